The van der Waals surface area contributed by atoms with Gasteiger partial charge in [0.1, 0.15) is 5.75 Å². The molecule has 0 saturated heterocycles. The maximum Gasteiger partial charge on any atom is 0.328 e. The molecule has 0 radical (unpaired) electrons. The molecule has 35 heavy (non-hydrogen) atoms. The largest absolute Gasteiger partial charge is 0.494 e. The van der Waals surface area contributed by atoms with Crippen molar-refractivity contribution in [2.24, 2.45) is 0 Å². The third kappa shape index (κ3) is 5.92. The molecule has 0 bridgehead atoms. The van der Waals surface area contributed by atoms with E-state index >= 15 is 0 Å². The van der Waals surface area contributed by atoms with Crippen LogP contribution in [0.5, 0.6) is 5.75 Å². The highest BCUT2D eigenvalue weighted by molar-refractivity contribution is 7.98. The normalized spacial score (nSPS) is 12.6. The monoisotopic (exact) mass is 493 g/mol. The number of aromatic nitrogens is 2. The number of rotatable bonds is 9. The first-order valence-electron chi connectivity index (χ1n) is 11.5. The summed E-state index contributed by atoms with van der Waals surface area (Å²) in [5.41, 5.74) is 2.94. The fourth-order valence-corrected chi connectivity index (χ4v) is 5.00. The molecule has 2 aromatic carbocycles. The number of nitrogens with zero attached hydrogens (tertiary/aromatic N) is 1. The van der Waals surface area contributed by atoms with E-state index in [0.29, 0.717) is 35.6 Å². The van der Waals surface area contributed by atoms with E-state index < -0.39 is 5.69 Å². The van der Waals surface area contributed by atoms with E-state index in [9.17, 15) is 19.2 Å². The molecule has 9 heteroatoms. The predicted molar refractivity (Wildman–Crippen MR) is 136 cm³/mol. The first-order valence-corrected chi connectivity index (χ1v) is 12.7. The predicted octanol–water partition coefficient (Wildman–Crippen LogP) is 2.78. The lowest BCUT2D eigenvalue weighted by molar-refractivity contribution is -0.121. The second kappa shape index (κ2) is 11.2. The molecule has 0 atom stereocenters. The van der Waals surface area contributed by atoms with Crippen molar-refractivity contribution in [2.75, 3.05) is 18.9 Å². The minimum atomic E-state index is -0.503. The summed E-state index contributed by atoms with van der Waals surface area (Å²) in [7, 11) is 0. The van der Waals surface area contributed by atoms with Gasteiger partial charge in [0.15, 0.2) is 5.78 Å². The van der Waals surface area contributed by atoms with Gasteiger partial charge < -0.3 is 10.1 Å². The smallest absolute Gasteiger partial charge is 0.328 e. The minimum absolute atomic E-state index is 0.0372. The molecule has 8 nitrogen and oxygen atoms in total. The van der Waals surface area contributed by atoms with Crippen LogP contribution in [0.3, 0.4) is 0 Å². The van der Waals surface area contributed by atoms with E-state index in [4.69, 9.17) is 4.74 Å². The van der Waals surface area contributed by atoms with E-state index in [1.807, 2.05) is 43.3 Å². The number of ether oxygens (including phenoxy) is 1. The standard InChI is InChI=1S/C26H27N3O5S/c1-2-34-20-9-7-18(8-10-20)17-3-5-19(6-4-17)23(30)15-27-24(31)11-13-29-22-12-14-35-16-21(22)25(32)28-26(29)33/h3-10H,2,11-16H2,1H3,(H,27,31)(H,28,32,33). The van der Waals surface area contributed by atoms with Crippen molar-refractivity contribution in [3.63, 3.8) is 0 Å². The van der Waals surface area contributed by atoms with E-state index in [2.05, 4.69) is 10.3 Å². The summed E-state index contributed by atoms with van der Waals surface area (Å²) in [6, 6.07) is 15.0. The molecule has 1 amide bonds. The fourth-order valence-electron chi connectivity index (χ4n) is 4.01. The van der Waals surface area contributed by atoms with Gasteiger partial charge in [0.25, 0.3) is 5.56 Å². The summed E-state index contributed by atoms with van der Waals surface area (Å²) in [6.45, 7) is 2.57. The lowest BCUT2D eigenvalue weighted by atomic mass is 10.0. The van der Waals surface area contributed by atoms with Gasteiger partial charge in [0, 0.05) is 35.5 Å². The number of H-pyrrole nitrogens is 1. The van der Waals surface area contributed by atoms with Gasteiger partial charge in [0.05, 0.1) is 13.2 Å². The Balaban J connectivity index is 1.31. The Morgan fingerprint density at radius 1 is 1.06 bits per heavy atom. The number of carbonyl (C=O) groups is 2. The van der Waals surface area contributed by atoms with Crippen molar-refractivity contribution in [3.8, 4) is 16.9 Å². The van der Waals surface area contributed by atoms with Gasteiger partial charge in [-0.2, -0.15) is 11.8 Å². The molecule has 4 rings (SSSR count). The lowest BCUT2D eigenvalue weighted by Crippen LogP contribution is -2.38. The van der Waals surface area contributed by atoms with Crippen LogP contribution in [0.4, 0.5) is 0 Å². The Labute approximate surface area is 206 Å². The number of aromatic amines is 1. The zero-order valence-corrected chi connectivity index (χ0v) is 20.3. The highest BCUT2D eigenvalue weighted by atomic mass is 32.2. The van der Waals surface area contributed by atoms with Crippen molar-refractivity contribution >= 4 is 23.5 Å². The quantitative estimate of drug-likeness (QED) is 0.444. The molecule has 3 aromatic rings. The summed E-state index contributed by atoms with van der Waals surface area (Å²) in [6.07, 6.45) is 0.654. The molecular formula is C26H27N3O5S. The molecule has 1 aromatic heterocycles. The Hall–Kier alpha value is -3.59. The van der Waals surface area contributed by atoms with E-state index in [1.165, 1.54) is 4.57 Å². The minimum Gasteiger partial charge on any atom is -0.494 e. The third-order valence-corrected chi connectivity index (χ3v) is 6.84. The molecule has 0 unspecified atom stereocenters. The van der Waals surface area contributed by atoms with Crippen LogP contribution in [0.1, 0.15) is 35.0 Å². The summed E-state index contributed by atoms with van der Waals surface area (Å²) in [5, 5.41) is 2.63. The first-order chi connectivity index (χ1) is 17.0. The van der Waals surface area contributed by atoms with E-state index in [0.717, 1.165) is 22.6 Å². The first kappa shape index (κ1) is 24.5. The van der Waals surface area contributed by atoms with Gasteiger partial charge >= 0.3 is 5.69 Å². The topological polar surface area (TPSA) is 110 Å². The Morgan fingerprint density at radius 2 is 1.74 bits per heavy atom. The molecule has 0 spiro atoms. The zero-order valence-electron chi connectivity index (χ0n) is 19.5. The number of benzene rings is 2. The maximum atomic E-state index is 12.5. The summed E-state index contributed by atoms with van der Waals surface area (Å²) in [5.74, 6) is 1.66. The number of hydrogen-bond acceptors (Lipinski definition) is 6. The van der Waals surface area contributed by atoms with Crippen LogP contribution in [0, 0.1) is 0 Å². The van der Waals surface area contributed by atoms with Gasteiger partial charge in [-0.3, -0.25) is 23.9 Å². The zero-order chi connectivity index (χ0) is 24.8. The van der Waals surface area contributed by atoms with Crippen LogP contribution in [0.25, 0.3) is 11.1 Å². The number of amides is 1. The fraction of sp³-hybridized carbons (Fsp3) is 0.308. The van der Waals surface area contributed by atoms with Crippen LogP contribution >= 0.6 is 11.8 Å². The summed E-state index contributed by atoms with van der Waals surface area (Å²) >= 11 is 1.64. The third-order valence-electron chi connectivity index (χ3n) is 5.86. The molecule has 0 aliphatic carbocycles. The molecule has 0 saturated carbocycles. The van der Waals surface area contributed by atoms with Gasteiger partial charge in [-0.1, -0.05) is 36.4 Å². The van der Waals surface area contributed by atoms with Gasteiger partial charge in [-0.25, -0.2) is 4.79 Å². The van der Waals surface area contributed by atoms with Gasteiger partial charge in [-0.05, 0) is 42.4 Å². The number of thioether (sulfide) groups is 1. The number of fused-ring (bicyclic) bond motifs is 1. The number of hydrogen-bond donors (Lipinski definition) is 2. The molecular weight excluding hydrogens is 466 g/mol. The molecule has 182 valence electrons. The van der Waals surface area contributed by atoms with Crippen molar-refractivity contribution < 1.29 is 14.3 Å². The molecule has 0 fully saturated rings. The van der Waals surface area contributed by atoms with E-state index in [1.54, 1.807) is 23.9 Å². The van der Waals surface area contributed by atoms with Crippen molar-refractivity contribution in [3.05, 3.63) is 86.2 Å². The Morgan fingerprint density at radius 3 is 2.43 bits per heavy atom. The number of carbonyl (C=O) groups excluding carboxylic acids is 2. The van der Waals surface area contributed by atoms with Gasteiger partial charge in [-0.15, -0.1) is 0 Å². The average molecular weight is 494 g/mol. The summed E-state index contributed by atoms with van der Waals surface area (Å²) < 4.78 is 6.93. The van der Waals surface area contributed by atoms with E-state index in [-0.39, 0.29) is 36.8 Å². The van der Waals surface area contributed by atoms with Crippen molar-refractivity contribution in [1.82, 2.24) is 14.9 Å². The average Bonchev–Trinajstić information content (AvgIpc) is 2.88. The highest BCUT2D eigenvalue weighted by Crippen LogP contribution is 2.23. The highest BCUT2D eigenvalue weighted by Gasteiger charge is 2.19. The molecule has 1 aliphatic rings. The lowest BCUT2D eigenvalue weighted by Gasteiger charge is -2.19. The van der Waals surface area contributed by atoms with Crippen LogP contribution in [-0.2, 0) is 23.5 Å². The maximum absolute atomic E-state index is 12.5. The number of ketones is 1. The number of nitrogens with one attached hydrogen (secondary N) is 2. The SMILES string of the molecule is CCOc1ccc(-c2ccc(C(=O)CNC(=O)CCn3c4c(c(=O)[nH]c3=O)CSCC4)cc2)cc1. The van der Waals surface area contributed by atoms with Crippen LogP contribution in [0.15, 0.2) is 58.1 Å². The summed E-state index contributed by atoms with van der Waals surface area (Å²) in [4.78, 5) is 51.5. The number of Topliss-reactive ketones (excluding diaryl/α,β-unsaturated/α-hetero) is 1. The van der Waals surface area contributed by atoms with Crippen LogP contribution < -0.4 is 21.3 Å². The molecule has 2 N–H and O–H groups in total. The molecule has 2 heterocycles. The van der Waals surface area contributed by atoms with Crippen molar-refractivity contribution in [1.29, 1.82) is 0 Å². The molecule has 1 aliphatic heterocycles. The Bertz CT molecular complexity index is 1330. The van der Waals surface area contributed by atoms with Gasteiger partial charge in [0.2, 0.25) is 5.91 Å². The van der Waals surface area contributed by atoms with Crippen LogP contribution in [-0.4, -0.2) is 40.1 Å². The second-order valence-electron chi connectivity index (χ2n) is 8.12. The van der Waals surface area contributed by atoms with Crippen LogP contribution in [0.2, 0.25) is 0 Å². The van der Waals surface area contributed by atoms with Crippen molar-refractivity contribution in [2.45, 2.75) is 32.1 Å². The second-order valence-corrected chi connectivity index (χ2v) is 9.23. The Kier molecular flexibility index (Phi) is 7.87.